The highest BCUT2D eigenvalue weighted by molar-refractivity contribution is 9.10. The normalized spacial score (nSPS) is 13.6. The monoisotopic (exact) mass is 365 g/mol. The van der Waals surface area contributed by atoms with Crippen LogP contribution in [0.4, 0.5) is 0 Å². The number of ether oxygens (including phenoxy) is 1. The van der Waals surface area contributed by atoms with Crippen molar-refractivity contribution in [3.8, 4) is 6.07 Å². The summed E-state index contributed by atoms with van der Waals surface area (Å²) in [5, 5.41) is 9.59. The van der Waals surface area contributed by atoms with Crippen LogP contribution < -0.4 is 5.69 Å². The number of carbonyl (C=O) groups is 1. The Kier molecular flexibility index (Phi) is 4.42. The fraction of sp³-hybridized carbons (Fsp3) is 0.400. The number of benzene rings is 1. The van der Waals surface area contributed by atoms with E-state index in [1.807, 2.05) is 12.1 Å². The van der Waals surface area contributed by atoms with Crippen molar-refractivity contribution in [2.45, 2.75) is 25.3 Å². The van der Waals surface area contributed by atoms with E-state index < -0.39 is 11.5 Å². The van der Waals surface area contributed by atoms with E-state index in [1.54, 1.807) is 20.0 Å². The summed E-state index contributed by atoms with van der Waals surface area (Å²) in [5.41, 5.74) is -0.0379. The van der Waals surface area contributed by atoms with Crippen LogP contribution in [-0.2, 0) is 22.1 Å². The maximum absolute atomic E-state index is 12.6. The van der Waals surface area contributed by atoms with Gasteiger partial charge in [0.25, 0.3) is 0 Å². The summed E-state index contributed by atoms with van der Waals surface area (Å²) in [4.78, 5) is 23.9. The van der Waals surface area contributed by atoms with E-state index in [9.17, 15) is 14.9 Å². The van der Waals surface area contributed by atoms with Crippen LogP contribution in [0.15, 0.2) is 27.5 Å². The summed E-state index contributed by atoms with van der Waals surface area (Å²) in [5.74, 6) is -0.405. The Bertz CT molecular complexity index is 831. The lowest BCUT2D eigenvalue weighted by atomic mass is 9.97. The van der Waals surface area contributed by atoms with Crippen molar-refractivity contribution < 1.29 is 9.53 Å². The molecule has 116 valence electrons. The van der Waals surface area contributed by atoms with Crippen LogP contribution in [0.1, 0.15) is 19.8 Å². The molecule has 0 spiro atoms. The summed E-state index contributed by atoms with van der Waals surface area (Å²) >= 11 is 3.38. The van der Waals surface area contributed by atoms with Crippen molar-refractivity contribution in [1.29, 1.82) is 5.26 Å². The Hall–Kier alpha value is -2.07. The molecule has 2 aromatic rings. The van der Waals surface area contributed by atoms with Crippen LogP contribution in [0.2, 0.25) is 0 Å². The highest BCUT2D eigenvalue weighted by Crippen LogP contribution is 2.27. The number of fused-ring (bicyclic) bond motifs is 1. The zero-order valence-electron chi connectivity index (χ0n) is 12.6. The number of hydrogen-bond donors (Lipinski definition) is 0. The molecule has 1 heterocycles. The minimum Gasteiger partial charge on any atom is -0.469 e. The molecule has 1 aromatic carbocycles. The highest BCUT2D eigenvalue weighted by Gasteiger charge is 2.31. The molecule has 1 atom stereocenters. The van der Waals surface area contributed by atoms with Gasteiger partial charge in [0.05, 0.1) is 24.2 Å². The summed E-state index contributed by atoms with van der Waals surface area (Å²) in [6.07, 6.45) is 0.269. The Balaban J connectivity index is 2.61. The van der Waals surface area contributed by atoms with Crippen LogP contribution in [-0.4, -0.2) is 22.2 Å². The second-order valence-corrected chi connectivity index (χ2v) is 6.19. The number of esters is 1. The van der Waals surface area contributed by atoms with Crippen molar-refractivity contribution in [1.82, 2.24) is 9.13 Å². The lowest BCUT2D eigenvalue weighted by Crippen LogP contribution is -2.38. The summed E-state index contributed by atoms with van der Waals surface area (Å²) in [6, 6.07) is 7.59. The maximum Gasteiger partial charge on any atom is 0.330 e. The Morgan fingerprint density at radius 2 is 2.14 bits per heavy atom. The van der Waals surface area contributed by atoms with E-state index in [1.165, 1.54) is 16.2 Å². The molecule has 0 aliphatic rings. The molecule has 2 rings (SSSR count). The molecule has 0 amide bonds. The first-order valence-electron chi connectivity index (χ1n) is 6.69. The lowest BCUT2D eigenvalue weighted by molar-refractivity contribution is -0.141. The van der Waals surface area contributed by atoms with E-state index in [0.29, 0.717) is 5.52 Å². The second kappa shape index (κ2) is 5.97. The smallest absolute Gasteiger partial charge is 0.330 e. The number of nitrogens with zero attached hydrogens (tertiary/aromatic N) is 3. The molecule has 7 heteroatoms. The van der Waals surface area contributed by atoms with Gasteiger partial charge in [-0.3, -0.25) is 13.9 Å². The zero-order valence-corrected chi connectivity index (χ0v) is 14.2. The average molecular weight is 366 g/mol. The zero-order chi connectivity index (χ0) is 16.5. The predicted molar refractivity (Wildman–Crippen MR) is 85.4 cm³/mol. The number of aryl methyl sites for hydroxylation is 1. The predicted octanol–water partition coefficient (Wildman–Crippen LogP) is 2.29. The molecule has 1 aromatic heterocycles. The van der Waals surface area contributed by atoms with E-state index >= 15 is 0 Å². The molecule has 0 N–H and O–H groups in total. The standard InChI is InChI=1S/C15H16BrN3O3/c1-15(9-17,7-6-13(20)22-3)19-11-5-4-10(16)8-12(11)18(2)14(19)21/h4-5,8H,6-7H2,1-3H3. The van der Waals surface area contributed by atoms with E-state index in [4.69, 9.17) is 0 Å². The number of methoxy groups -OCH3 is 1. The van der Waals surface area contributed by atoms with Gasteiger partial charge in [-0.1, -0.05) is 15.9 Å². The van der Waals surface area contributed by atoms with Crippen molar-refractivity contribution in [2.24, 2.45) is 7.05 Å². The number of halogens is 1. The van der Waals surface area contributed by atoms with Crippen LogP contribution in [0.5, 0.6) is 0 Å². The van der Waals surface area contributed by atoms with Gasteiger partial charge in [-0.05, 0) is 31.5 Å². The van der Waals surface area contributed by atoms with Crippen LogP contribution in [0.3, 0.4) is 0 Å². The molecule has 22 heavy (non-hydrogen) atoms. The minimum absolute atomic E-state index is 0.0694. The molecule has 0 aliphatic carbocycles. The number of nitriles is 1. The van der Waals surface area contributed by atoms with Gasteiger partial charge in [-0.2, -0.15) is 5.26 Å². The van der Waals surface area contributed by atoms with Gasteiger partial charge < -0.3 is 4.74 Å². The first kappa shape index (κ1) is 16.3. The summed E-state index contributed by atoms with van der Waals surface area (Å²) < 4.78 is 8.40. The van der Waals surface area contributed by atoms with Crippen molar-refractivity contribution in [2.75, 3.05) is 7.11 Å². The molecule has 6 nitrogen and oxygen atoms in total. The molecule has 0 bridgehead atoms. The summed E-state index contributed by atoms with van der Waals surface area (Å²) in [7, 11) is 2.96. The van der Waals surface area contributed by atoms with Crippen molar-refractivity contribution in [3.63, 3.8) is 0 Å². The SMILES string of the molecule is COC(=O)CCC(C)(C#N)n1c(=O)n(C)c2cc(Br)ccc21. The van der Waals surface area contributed by atoms with E-state index in [-0.39, 0.29) is 18.5 Å². The van der Waals surface area contributed by atoms with Crippen LogP contribution in [0, 0.1) is 11.3 Å². The molecular weight excluding hydrogens is 350 g/mol. The van der Waals surface area contributed by atoms with Gasteiger partial charge in [0.15, 0.2) is 0 Å². The number of carbonyl (C=O) groups excluding carboxylic acids is 1. The second-order valence-electron chi connectivity index (χ2n) is 5.27. The quantitative estimate of drug-likeness (QED) is 0.778. The molecular formula is C15H16BrN3O3. The largest absolute Gasteiger partial charge is 0.469 e. The molecule has 0 aliphatic heterocycles. The fourth-order valence-electron chi connectivity index (χ4n) is 2.45. The highest BCUT2D eigenvalue weighted by atomic mass is 79.9. The fourth-order valence-corrected chi connectivity index (χ4v) is 2.80. The number of aromatic nitrogens is 2. The average Bonchev–Trinajstić information content (AvgIpc) is 2.76. The topological polar surface area (TPSA) is 77.0 Å². The van der Waals surface area contributed by atoms with Crippen molar-refractivity contribution >= 4 is 32.9 Å². The van der Waals surface area contributed by atoms with Gasteiger partial charge in [0.2, 0.25) is 0 Å². The van der Waals surface area contributed by atoms with Gasteiger partial charge in [-0.15, -0.1) is 0 Å². The Labute approximate surface area is 136 Å². The molecule has 0 saturated carbocycles. The van der Waals surface area contributed by atoms with Gasteiger partial charge in [0.1, 0.15) is 5.54 Å². The third-order valence-electron chi connectivity index (χ3n) is 3.80. The van der Waals surface area contributed by atoms with Gasteiger partial charge in [0, 0.05) is 17.9 Å². The third kappa shape index (κ3) is 2.66. The third-order valence-corrected chi connectivity index (χ3v) is 4.29. The molecule has 0 saturated heterocycles. The first-order valence-corrected chi connectivity index (χ1v) is 7.49. The number of rotatable bonds is 4. The molecule has 1 unspecified atom stereocenters. The van der Waals surface area contributed by atoms with Crippen LogP contribution in [0.25, 0.3) is 11.0 Å². The number of hydrogen-bond acceptors (Lipinski definition) is 4. The molecule has 0 fully saturated rings. The first-order chi connectivity index (χ1) is 10.3. The lowest BCUT2D eigenvalue weighted by Gasteiger charge is -2.23. The van der Waals surface area contributed by atoms with Gasteiger partial charge >= 0.3 is 11.7 Å². The number of imidazole rings is 1. The summed E-state index contributed by atoms with van der Waals surface area (Å²) in [6.45, 7) is 1.65. The van der Waals surface area contributed by atoms with Crippen LogP contribution >= 0.6 is 15.9 Å². The van der Waals surface area contributed by atoms with E-state index in [0.717, 1.165) is 9.99 Å². The molecule has 0 radical (unpaired) electrons. The maximum atomic E-state index is 12.6. The Morgan fingerprint density at radius 3 is 2.73 bits per heavy atom. The van der Waals surface area contributed by atoms with Gasteiger partial charge in [-0.25, -0.2) is 4.79 Å². The van der Waals surface area contributed by atoms with E-state index in [2.05, 4.69) is 26.7 Å². The minimum atomic E-state index is -1.13. The Morgan fingerprint density at radius 1 is 1.45 bits per heavy atom. The van der Waals surface area contributed by atoms with Crippen molar-refractivity contribution in [3.05, 3.63) is 33.2 Å².